The number of nitrogens with zero attached hydrogens (tertiary/aromatic N) is 2. The summed E-state index contributed by atoms with van der Waals surface area (Å²) < 4.78 is 15.4. The number of carbonyl (C=O) groups is 5. The predicted molar refractivity (Wildman–Crippen MR) is 182 cm³/mol. The number of piperidine rings is 2. The summed E-state index contributed by atoms with van der Waals surface area (Å²) in [6.07, 6.45) is 7.94. The first-order valence-corrected chi connectivity index (χ1v) is 17.0. The molecule has 4 aliphatic rings. The van der Waals surface area contributed by atoms with E-state index in [2.05, 4.69) is 4.74 Å². The normalized spacial score (nSPS) is 19.1. The van der Waals surface area contributed by atoms with E-state index in [1.807, 2.05) is 67.6 Å². The van der Waals surface area contributed by atoms with Gasteiger partial charge in [-0.15, -0.1) is 0 Å². The fourth-order valence-corrected chi connectivity index (χ4v) is 7.19. The van der Waals surface area contributed by atoms with Crippen molar-refractivity contribution >= 4 is 29.7 Å². The maximum Gasteiger partial charge on any atom is 0.410 e. The molecule has 2 aromatic carbocycles. The monoisotopic (exact) mass is 670 g/mol. The van der Waals surface area contributed by atoms with Gasteiger partial charge in [-0.1, -0.05) is 71.8 Å². The minimum Gasteiger partial charge on any atom is -0.469 e. The van der Waals surface area contributed by atoms with Crippen molar-refractivity contribution < 1.29 is 38.2 Å². The quantitative estimate of drug-likeness (QED) is 0.239. The molecule has 2 aliphatic carbocycles. The van der Waals surface area contributed by atoms with Gasteiger partial charge in [-0.05, 0) is 75.1 Å². The average molecular weight is 671 g/mol. The van der Waals surface area contributed by atoms with Crippen LogP contribution in [-0.4, -0.2) is 72.8 Å². The summed E-state index contributed by atoms with van der Waals surface area (Å²) in [5.74, 6) is 0.0993. The molecule has 0 bridgehead atoms. The Labute approximate surface area is 288 Å². The number of ether oxygens (including phenoxy) is 3. The van der Waals surface area contributed by atoms with E-state index < -0.39 is 5.41 Å². The highest BCUT2D eigenvalue weighted by Crippen LogP contribution is 2.45. The van der Waals surface area contributed by atoms with Crippen LogP contribution >= 0.6 is 0 Å². The molecule has 2 aromatic rings. The number of esters is 1. The van der Waals surface area contributed by atoms with Crippen LogP contribution in [0.4, 0.5) is 9.59 Å². The fourth-order valence-electron chi connectivity index (χ4n) is 7.19. The number of likely N-dealkylation sites (tertiary alicyclic amines) is 2. The smallest absolute Gasteiger partial charge is 0.410 e. The lowest BCUT2D eigenvalue weighted by Gasteiger charge is -2.37. The maximum absolute atomic E-state index is 12.5. The average Bonchev–Trinajstić information content (AvgIpc) is 3.58. The molecular formula is C39H46N2O8. The van der Waals surface area contributed by atoms with Crippen LogP contribution in [0.5, 0.6) is 0 Å². The third-order valence-electron chi connectivity index (χ3n) is 10.2. The Hall–Kier alpha value is -4.73. The van der Waals surface area contributed by atoms with Crippen molar-refractivity contribution in [3.8, 4) is 0 Å². The molecule has 49 heavy (non-hydrogen) atoms. The zero-order chi connectivity index (χ0) is 34.9. The topological polar surface area (TPSA) is 120 Å². The maximum atomic E-state index is 12.5. The first kappa shape index (κ1) is 35.6. The zero-order valence-electron chi connectivity index (χ0n) is 28.5. The molecule has 10 heteroatoms. The molecule has 0 radical (unpaired) electrons. The van der Waals surface area contributed by atoms with Crippen LogP contribution in [0, 0.1) is 10.8 Å². The van der Waals surface area contributed by atoms with E-state index in [0.717, 1.165) is 41.5 Å². The third kappa shape index (κ3) is 9.04. The van der Waals surface area contributed by atoms with Gasteiger partial charge in [0.05, 0.1) is 7.11 Å². The Morgan fingerprint density at radius 3 is 1.55 bits per heavy atom. The molecule has 2 spiro atoms. The second kappa shape index (κ2) is 16.1. The molecule has 0 atom stereocenters. The number of ketones is 2. The molecule has 0 unspecified atom stereocenters. The van der Waals surface area contributed by atoms with Gasteiger partial charge in [-0.25, -0.2) is 9.59 Å². The Morgan fingerprint density at radius 2 is 1.12 bits per heavy atom. The van der Waals surface area contributed by atoms with Gasteiger partial charge < -0.3 is 24.0 Å². The van der Waals surface area contributed by atoms with E-state index in [1.165, 1.54) is 7.11 Å². The molecule has 0 N–H and O–H groups in total. The highest BCUT2D eigenvalue weighted by atomic mass is 16.6. The summed E-state index contributed by atoms with van der Waals surface area (Å²) in [4.78, 5) is 63.8. The molecule has 2 fully saturated rings. The van der Waals surface area contributed by atoms with Gasteiger partial charge in [0, 0.05) is 43.4 Å². The fraction of sp³-hybridized carbons (Fsp3) is 0.462. The first-order chi connectivity index (χ1) is 23.6. The van der Waals surface area contributed by atoms with Crippen molar-refractivity contribution in [2.45, 2.75) is 71.5 Å². The number of carbonyl (C=O) groups excluding carboxylic acids is 5. The Bertz CT molecular complexity index is 1570. The van der Waals surface area contributed by atoms with E-state index >= 15 is 0 Å². The van der Waals surface area contributed by atoms with E-state index in [9.17, 15) is 24.0 Å². The summed E-state index contributed by atoms with van der Waals surface area (Å²) in [5, 5.41) is 0. The molecule has 260 valence electrons. The van der Waals surface area contributed by atoms with E-state index in [4.69, 9.17) is 9.47 Å². The molecule has 2 heterocycles. The summed E-state index contributed by atoms with van der Waals surface area (Å²) in [5.41, 5.74) is 3.43. The molecule has 2 aliphatic heterocycles. The van der Waals surface area contributed by atoms with Crippen molar-refractivity contribution in [1.29, 1.82) is 0 Å². The van der Waals surface area contributed by atoms with Gasteiger partial charge in [-0.2, -0.15) is 0 Å². The SMILES string of the molecule is CC1=CC(=O)C2(CCN(C(=O)OCc3ccccc3)CC2)C1.COC(=O)CCC1=CC(=O)C2(CCN(C(=O)OCc3ccccc3)CC2)C1. The van der Waals surface area contributed by atoms with Crippen LogP contribution in [0.3, 0.4) is 0 Å². The predicted octanol–water partition coefficient (Wildman–Crippen LogP) is 6.58. The summed E-state index contributed by atoms with van der Waals surface area (Å²) in [6, 6.07) is 19.2. The van der Waals surface area contributed by atoms with E-state index in [-0.39, 0.29) is 41.7 Å². The van der Waals surface area contributed by atoms with E-state index in [0.29, 0.717) is 64.9 Å². The van der Waals surface area contributed by atoms with Crippen molar-refractivity contribution in [2.24, 2.45) is 10.8 Å². The zero-order valence-corrected chi connectivity index (χ0v) is 28.5. The van der Waals surface area contributed by atoms with Crippen LogP contribution in [0.15, 0.2) is 84.0 Å². The lowest BCUT2D eigenvalue weighted by Crippen LogP contribution is -2.45. The first-order valence-electron chi connectivity index (χ1n) is 17.0. The molecule has 0 aromatic heterocycles. The molecule has 2 saturated heterocycles. The van der Waals surface area contributed by atoms with Gasteiger partial charge in [-0.3, -0.25) is 14.4 Å². The van der Waals surface area contributed by atoms with Gasteiger partial charge in [0.1, 0.15) is 13.2 Å². The van der Waals surface area contributed by atoms with Crippen LogP contribution in [0.25, 0.3) is 0 Å². The lowest BCUT2D eigenvalue weighted by atomic mass is 9.74. The number of methoxy groups -OCH3 is 1. The van der Waals surface area contributed by atoms with Gasteiger partial charge in [0.2, 0.25) is 0 Å². The Kier molecular flexibility index (Phi) is 11.7. The second-order valence-corrected chi connectivity index (χ2v) is 13.6. The summed E-state index contributed by atoms with van der Waals surface area (Å²) in [7, 11) is 1.37. The molecule has 10 nitrogen and oxygen atoms in total. The standard InChI is InChI=1S/C21H25NO5.C18H21NO3/c1-26-19(24)8-7-17-13-18(23)21(14-17)9-11-22(12-10-21)20(25)27-15-16-5-3-2-4-6-16;1-14-11-16(20)18(12-14)7-9-19(10-8-18)17(21)22-13-15-5-3-2-4-6-15/h2-6,13H,7-12,14-15H2,1H3;2-6,11H,7-10,12-13H2,1H3. The van der Waals surface area contributed by atoms with Crippen molar-refractivity contribution in [3.63, 3.8) is 0 Å². The summed E-state index contributed by atoms with van der Waals surface area (Å²) in [6.45, 7) is 4.77. The molecule has 6 rings (SSSR count). The van der Waals surface area contributed by atoms with E-state index in [1.54, 1.807) is 22.0 Å². The molecule has 0 saturated carbocycles. The minimum atomic E-state index is -0.415. The summed E-state index contributed by atoms with van der Waals surface area (Å²) >= 11 is 0. The van der Waals surface area contributed by atoms with Gasteiger partial charge in [0.25, 0.3) is 0 Å². The van der Waals surface area contributed by atoms with Crippen molar-refractivity contribution in [2.75, 3.05) is 33.3 Å². The number of allylic oxidation sites excluding steroid dienone is 4. The number of hydrogen-bond donors (Lipinski definition) is 0. The number of rotatable bonds is 7. The number of benzene rings is 2. The highest BCUT2D eigenvalue weighted by Gasteiger charge is 2.46. The third-order valence-corrected chi connectivity index (χ3v) is 10.2. The second-order valence-electron chi connectivity index (χ2n) is 13.6. The van der Waals surface area contributed by atoms with Crippen molar-refractivity contribution in [3.05, 3.63) is 95.1 Å². The van der Waals surface area contributed by atoms with Crippen LogP contribution in [0.1, 0.15) is 69.4 Å². The van der Waals surface area contributed by atoms with Crippen molar-refractivity contribution in [1.82, 2.24) is 9.80 Å². The lowest BCUT2D eigenvalue weighted by molar-refractivity contribution is -0.140. The highest BCUT2D eigenvalue weighted by molar-refractivity contribution is 5.99. The largest absolute Gasteiger partial charge is 0.469 e. The van der Waals surface area contributed by atoms with Gasteiger partial charge >= 0.3 is 18.2 Å². The van der Waals surface area contributed by atoms with Crippen LogP contribution < -0.4 is 0 Å². The molecule has 2 amide bonds. The van der Waals surface area contributed by atoms with Crippen LogP contribution in [-0.2, 0) is 41.8 Å². The number of hydrogen-bond acceptors (Lipinski definition) is 8. The minimum absolute atomic E-state index is 0.125. The molecular weight excluding hydrogens is 624 g/mol. The van der Waals surface area contributed by atoms with Crippen LogP contribution in [0.2, 0.25) is 0 Å². The Balaban J connectivity index is 0.000000195. The Morgan fingerprint density at radius 1 is 0.673 bits per heavy atom. The number of amides is 2. The van der Waals surface area contributed by atoms with Gasteiger partial charge in [0.15, 0.2) is 11.6 Å².